The Morgan fingerprint density at radius 1 is 0.745 bits per heavy atom. The van der Waals surface area contributed by atoms with E-state index >= 15 is 0 Å². The van der Waals surface area contributed by atoms with E-state index in [-0.39, 0.29) is 11.6 Å². The summed E-state index contributed by atoms with van der Waals surface area (Å²) in [5.74, 6) is 1.95. The summed E-state index contributed by atoms with van der Waals surface area (Å²) < 4.78 is 24.7. The maximum Gasteiger partial charge on any atom is 0.407 e. The van der Waals surface area contributed by atoms with Crippen molar-refractivity contribution >= 4 is 36.4 Å². The van der Waals surface area contributed by atoms with Gasteiger partial charge in [0.25, 0.3) is 8.32 Å². The minimum Gasteiger partial charge on any atom is -0.489 e. The van der Waals surface area contributed by atoms with Gasteiger partial charge in [0.1, 0.15) is 29.5 Å². The predicted octanol–water partition coefficient (Wildman–Crippen LogP) is 9.86. The number of ether oxygens (including phenoxy) is 3. The predicted molar refractivity (Wildman–Crippen MR) is 224 cm³/mol. The molecule has 55 heavy (non-hydrogen) atoms. The van der Waals surface area contributed by atoms with E-state index in [1.54, 1.807) is 6.07 Å². The molecule has 5 rings (SSSR count). The molecular formula is C46H54ClNO6Si. The van der Waals surface area contributed by atoms with Gasteiger partial charge in [0.15, 0.2) is 0 Å². The summed E-state index contributed by atoms with van der Waals surface area (Å²) in [6.45, 7) is 12.5. The average molecular weight is 780 g/mol. The number of nitrogens with one attached hydrogen (secondary N) is 1. The van der Waals surface area contributed by atoms with Crippen LogP contribution in [0, 0.1) is 0 Å². The van der Waals surface area contributed by atoms with E-state index in [1.807, 2.05) is 124 Å². The molecule has 2 atom stereocenters. The van der Waals surface area contributed by atoms with Crippen LogP contribution in [0.1, 0.15) is 65.5 Å². The van der Waals surface area contributed by atoms with Gasteiger partial charge in [-0.15, -0.1) is 0 Å². The Morgan fingerprint density at radius 2 is 1.33 bits per heavy atom. The Kier molecular flexibility index (Phi) is 14.2. The van der Waals surface area contributed by atoms with Crippen LogP contribution in [-0.4, -0.2) is 43.9 Å². The molecule has 7 nitrogen and oxygen atoms in total. The number of hydrogen-bond acceptors (Lipinski definition) is 6. The van der Waals surface area contributed by atoms with Crippen LogP contribution in [0.15, 0.2) is 133 Å². The second kappa shape index (κ2) is 18.8. The number of aliphatic hydroxyl groups is 1. The van der Waals surface area contributed by atoms with E-state index in [9.17, 15) is 9.90 Å². The Morgan fingerprint density at radius 3 is 1.91 bits per heavy atom. The van der Waals surface area contributed by atoms with E-state index in [1.165, 1.54) is 0 Å². The summed E-state index contributed by atoms with van der Waals surface area (Å²) in [4.78, 5) is 13.1. The smallest absolute Gasteiger partial charge is 0.407 e. The van der Waals surface area contributed by atoms with Crippen molar-refractivity contribution in [1.82, 2.24) is 5.32 Å². The number of amides is 1. The fraction of sp³-hybridized carbons (Fsp3) is 0.326. The highest BCUT2D eigenvalue weighted by Gasteiger charge is 2.50. The SMILES string of the molecule is CC(C)(C)OC(=O)NC(CCCc1ccc(Oc2cccc(OCc3ccccc3)c2)cc1Cl)C(O)CO[Si](c1ccccc1)(c1ccccc1)C(C)(C)C. The van der Waals surface area contributed by atoms with Gasteiger partial charge < -0.3 is 29.1 Å². The highest BCUT2D eigenvalue weighted by atomic mass is 35.5. The second-order valence-electron chi connectivity index (χ2n) is 15.8. The van der Waals surface area contributed by atoms with Gasteiger partial charge in [0.05, 0.1) is 18.8 Å². The topological polar surface area (TPSA) is 86.3 Å². The molecule has 0 saturated carbocycles. The lowest BCUT2D eigenvalue weighted by atomic mass is 10.0. The van der Waals surface area contributed by atoms with Gasteiger partial charge in [-0.25, -0.2) is 4.79 Å². The minimum atomic E-state index is -2.92. The largest absolute Gasteiger partial charge is 0.489 e. The van der Waals surface area contributed by atoms with Crippen molar-refractivity contribution in [1.29, 1.82) is 0 Å². The zero-order chi connectivity index (χ0) is 39.5. The van der Waals surface area contributed by atoms with Gasteiger partial charge >= 0.3 is 6.09 Å². The first-order chi connectivity index (χ1) is 26.2. The number of benzene rings is 5. The summed E-state index contributed by atoms with van der Waals surface area (Å²) in [7, 11) is -2.92. The van der Waals surface area contributed by atoms with Gasteiger partial charge in [-0.1, -0.05) is 136 Å². The van der Waals surface area contributed by atoms with E-state index in [4.69, 9.17) is 30.2 Å². The summed E-state index contributed by atoms with van der Waals surface area (Å²) in [6, 6.07) is 43.1. The lowest BCUT2D eigenvalue weighted by Crippen LogP contribution is -2.67. The minimum absolute atomic E-state index is 0.0268. The highest BCUT2D eigenvalue weighted by Crippen LogP contribution is 2.37. The Hall–Kier alpha value is -4.60. The molecule has 5 aromatic rings. The number of carbonyl (C=O) groups is 1. The van der Waals surface area contributed by atoms with Gasteiger partial charge in [0, 0.05) is 11.1 Å². The molecule has 0 fully saturated rings. The molecule has 0 aliphatic rings. The molecule has 0 aromatic heterocycles. The standard InChI is InChI=1S/C46H54ClNO6Si/c1-45(2,3)54-44(50)48-42(43(49)33-52-55(46(4,5)6,39-23-12-8-13-24-39)40-25-14-9-15-26-40)27-16-20-35-28-29-38(31-41(35)47)53-37-22-17-21-36(30-37)51-32-34-18-10-7-11-19-34/h7-15,17-19,21-26,28-31,42-43,49H,16,20,27,32-33H2,1-6H3,(H,48,50). The molecule has 2 unspecified atom stereocenters. The van der Waals surface area contributed by atoms with Crippen LogP contribution in [0.25, 0.3) is 0 Å². The lowest BCUT2D eigenvalue weighted by molar-refractivity contribution is 0.0322. The van der Waals surface area contributed by atoms with Crippen molar-refractivity contribution in [3.8, 4) is 17.2 Å². The summed E-state index contributed by atoms with van der Waals surface area (Å²) >= 11 is 6.78. The fourth-order valence-electron chi connectivity index (χ4n) is 6.72. The third-order valence-corrected chi connectivity index (χ3v) is 14.7. The Bertz CT molecular complexity index is 1910. The summed E-state index contributed by atoms with van der Waals surface area (Å²) in [6.07, 6.45) is 0.132. The fourth-order valence-corrected chi connectivity index (χ4v) is 11.6. The van der Waals surface area contributed by atoms with Gasteiger partial charge in [0.2, 0.25) is 0 Å². The number of rotatable bonds is 16. The third kappa shape index (κ3) is 11.7. The van der Waals surface area contributed by atoms with Crippen LogP contribution < -0.4 is 25.2 Å². The molecule has 0 spiro atoms. The van der Waals surface area contributed by atoms with E-state index in [0.717, 1.165) is 21.5 Å². The number of carbonyl (C=O) groups excluding carboxylic acids is 1. The van der Waals surface area contributed by atoms with Crippen molar-refractivity contribution in [3.63, 3.8) is 0 Å². The number of aryl methyl sites for hydroxylation is 1. The molecular weight excluding hydrogens is 726 g/mol. The molecule has 2 N–H and O–H groups in total. The van der Waals surface area contributed by atoms with Gasteiger partial charge in [-0.2, -0.15) is 0 Å². The molecule has 0 bridgehead atoms. The van der Waals surface area contributed by atoms with Crippen molar-refractivity contribution < 1.29 is 28.5 Å². The molecule has 0 aliphatic heterocycles. The van der Waals surface area contributed by atoms with Crippen LogP contribution in [0.5, 0.6) is 17.2 Å². The molecule has 1 amide bonds. The van der Waals surface area contributed by atoms with Crippen LogP contribution >= 0.6 is 11.6 Å². The van der Waals surface area contributed by atoms with Crippen LogP contribution in [-0.2, 0) is 22.2 Å². The molecule has 5 aromatic carbocycles. The van der Waals surface area contributed by atoms with Crippen molar-refractivity contribution in [3.05, 3.63) is 150 Å². The van der Waals surface area contributed by atoms with Crippen molar-refractivity contribution in [2.45, 2.75) is 90.2 Å². The van der Waals surface area contributed by atoms with Gasteiger partial charge in [-0.05, 0) is 90.8 Å². The van der Waals surface area contributed by atoms with Crippen LogP contribution in [0.2, 0.25) is 10.1 Å². The van der Waals surface area contributed by atoms with Gasteiger partial charge in [-0.3, -0.25) is 0 Å². The molecule has 0 radical (unpaired) electrons. The van der Waals surface area contributed by atoms with E-state index in [0.29, 0.717) is 48.1 Å². The van der Waals surface area contributed by atoms with Crippen molar-refractivity contribution in [2.75, 3.05) is 6.61 Å². The van der Waals surface area contributed by atoms with Crippen LogP contribution in [0.4, 0.5) is 4.79 Å². The Balaban J connectivity index is 1.26. The quantitative estimate of drug-likeness (QED) is 0.0971. The zero-order valence-electron chi connectivity index (χ0n) is 32.8. The Labute approximate surface area is 332 Å². The van der Waals surface area contributed by atoms with E-state index < -0.39 is 32.2 Å². The number of halogens is 1. The second-order valence-corrected chi connectivity index (χ2v) is 20.5. The number of alkyl carbamates (subject to hydrolysis) is 1. The van der Waals surface area contributed by atoms with Crippen LogP contribution in [0.3, 0.4) is 0 Å². The lowest BCUT2D eigenvalue weighted by Gasteiger charge is -2.43. The average Bonchev–Trinajstić information content (AvgIpc) is 3.15. The highest BCUT2D eigenvalue weighted by molar-refractivity contribution is 6.99. The number of aliphatic hydroxyl groups excluding tert-OH is 1. The maximum atomic E-state index is 13.1. The zero-order valence-corrected chi connectivity index (χ0v) is 34.5. The summed E-state index contributed by atoms with van der Waals surface area (Å²) in [5.41, 5.74) is 1.32. The van der Waals surface area contributed by atoms with E-state index in [2.05, 4.69) is 50.4 Å². The molecule has 290 valence electrons. The molecule has 0 heterocycles. The molecule has 0 aliphatic carbocycles. The first-order valence-corrected chi connectivity index (χ1v) is 21.2. The third-order valence-electron chi connectivity index (χ3n) is 9.33. The first-order valence-electron chi connectivity index (χ1n) is 18.9. The van der Waals surface area contributed by atoms with Crippen molar-refractivity contribution in [2.24, 2.45) is 0 Å². The monoisotopic (exact) mass is 779 g/mol. The normalized spacial score (nSPS) is 13.1. The maximum absolute atomic E-state index is 13.1. The summed E-state index contributed by atoms with van der Waals surface area (Å²) in [5, 5.41) is 17.3. The molecule has 0 saturated heterocycles. The molecule has 9 heteroatoms. The number of hydrogen-bond donors (Lipinski definition) is 2. The first kappa shape index (κ1) is 41.6.